The van der Waals surface area contributed by atoms with Gasteiger partial charge in [0.1, 0.15) is 0 Å². The molecule has 0 aromatic heterocycles. The van der Waals surface area contributed by atoms with Gasteiger partial charge < -0.3 is 15.7 Å². The van der Waals surface area contributed by atoms with E-state index in [9.17, 15) is 0 Å². The highest BCUT2D eigenvalue weighted by Gasteiger charge is 2.20. The number of nitrogens with one attached hydrogen (secondary N) is 1. The average Bonchev–Trinajstić information content (AvgIpc) is 2.83. The molecule has 6 rings (SSSR count). The first-order valence-electron chi connectivity index (χ1n) is 10.9. The lowest BCUT2D eigenvalue weighted by Crippen LogP contribution is -2.12. The summed E-state index contributed by atoms with van der Waals surface area (Å²) in [6.07, 6.45) is 0. The summed E-state index contributed by atoms with van der Waals surface area (Å²) in [5.74, 6) is 0. The average molecular weight is 431 g/mol. The molecule has 0 fully saturated rings. The molecule has 6 nitrogen and oxygen atoms in total. The monoisotopic (exact) mass is 430 g/mol. The van der Waals surface area contributed by atoms with Gasteiger partial charge in [-0.05, 0) is 66.9 Å². The van der Waals surface area contributed by atoms with Crippen molar-refractivity contribution < 1.29 is 0 Å². The van der Waals surface area contributed by atoms with Crippen molar-refractivity contribution in [3.8, 4) is 22.5 Å². The van der Waals surface area contributed by atoms with E-state index in [1.807, 2.05) is 65.7 Å². The van der Waals surface area contributed by atoms with Crippen molar-refractivity contribution in [3.63, 3.8) is 0 Å². The zero-order valence-electron chi connectivity index (χ0n) is 18.2. The highest BCUT2D eigenvalue weighted by Crippen LogP contribution is 2.42. The molecular weight excluding hydrogens is 408 g/mol. The third-order valence-electron chi connectivity index (χ3n) is 6.15. The van der Waals surface area contributed by atoms with Gasteiger partial charge in [-0.1, -0.05) is 35.6 Å². The van der Waals surface area contributed by atoms with Crippen LogP contribution < -0.4 is 16.1 Å². The number of rotatable bonds is 2. The number of pyridine rings is 1. The fourth-order valence-electron chi connectivity index (χ4n) is 4.70. The third kappa shape index (κ3) is 3.07. The Morgan fingerprint density at radius 3 is 2.48 bits per heavy atom. The van der Waals surface area contributed by atoms with Crippen molar-refractivity contribution in [2.75, 3.05) is 10.7 Å². The van der Waals surface area contributed by atoms with Gasteiger partial charge >= 0.3 is 0 Å². The Bertz CT molecular complexity index is 1600. The molecule has 0 radical (unpaired) electrons. The maximum atomic E-state index is 8.22. The van der Waals surface area contributed by atoms with Gasteiger partial charge in [0.05, 0.1) is 33.8 Å². The zero-order chi connectivity index (χ0) is 22.5. The van der Waals surface area contributed by atoms with E-state index in [2.05, 4.69) is 46.1 Å². The number of fused-ring (bicyclic) bond motifs is 6. The molecule has 0 unspecified atom stereocenters. The van der Waals surface area contributed by atoms with E-state index in [0.29, 0.717) is 11.0 Å². The highest BCUT2D eigenvalue weighted by atomic mass is 15.5. The number of hydrogen-bond acceptors (Lipinski definition) is 5. The van der Waals surface area contributed by atoms with Crippen molar-refractivity contribution in [2.45, 2.75) is 13.5 Å². The summed E-state index contributed by atoms with van der Waals surface area (Å²) in [5, 5.41) is 22.0. The first-order valence-corrected chi connectivity index (χ1v) is 10.9. The van der Waals surface area contributed by atoms with Crippen LogP contribution in [0.5, 0.6) is 0 Å². The molecule has 3 aliphatic rings. The van der Waals surface area contributed by atoms with Crippen LogP contribution in [0.25, 0.3) is 33.3 Å². The predicted molar refractivity (Wildman–Crippen MR) is 133 cm³/mol. The second-order valence-corrected chi connectivity index (χ2v) is 8.20. The Morgan fingerprint density at radius 1 is 0.848 bits per heavy atom. The van der Waals surface area contributed by atoms with Crippen molar-refractivity contribution in [1.29, 1.82) is 5.41 Å². The summed E-state index contributed by atoms with van der Waals surface area (Å²) < 4.78 is 2.29. The third-order valence-corrected chi connectivity index (χ3v) is 6.15. The van der Waals surface area contributed by atoms with E-state index in [-0.39, 0.29) is 0 Å². The lowest BCUT2D eigenvalue weighted by atomic mass is 9.94. The molecule has 3 N–H and O–H groups in total. The van der Waals surface area contributed by atoms with Crippen LogP contribution in [0.3, 0.4) is 0 Å². The van der Waals surface area contributed by atoms with Crippen LogP contribution in [0.4, 0.5) is 22.7 Å². The number of nitrogens with two attached hydrogens (primary N) is 1. The Kier molecular flexibility index (Phi) is 4.26. The minimum absolute atomic E-state index is 0.503. The van der Waals surface area contributed by atoms with E-state index < -0.39 is 0 Å². The van der Waals surface area contributed by atoms with Gasteiger partial charge in [0.25, 0.3) is 0 Å². The largest absolute Gasteiger partial charge is 0.399 e. The summed E-state index contributed by atoms with van der Waals surface area (Å²) in [4.78, 5) is 0. The maximum Gasteiger partial charge on any atom is 0.0881 e. The van der Waals surface area contributed by atoms with Gasteiger partial charge in [-0.15, -0.1) is 5.11 Å². The summed E-state index contributed by atoms with van der Waals surface area (Å²) >= 11 is 0. The van der Waals surface area contributed by atoms with Gasteiger partial charge in [-0.3, -0.25) is 0 Å². The molecule has 1 aliphatic carbocycles. The fraction of sp³-hybridized carbons (Fsp3) is 0.0741. The van der Waals surface area contributed by atoms with Crippen LogP contribution in [-0.4, -0.2) is 4.57 Å². The lowest BCUT2D eigenvalue weighted by Gasteiger charge is -2.25. The molecule has 160 valence electrons. The van der Waals surface area contributed by atoms with Crippen molar-refractivity contribution in [1.82, 2.24) is 4.57 Å². The molecule has 4 bridgehead atoms. The minimum atomic E-state index is 0.503. The SMILES string of the molecule is CCn1c2cc(=N)ccc-2c2ccc3cc2c1-c1cccc(c1)N(c1cccc(N)c1)N=N3. The van der Waals surface area contributed by atoms with Gasteiger partial charge in [-0.25, -0.2) is 5.01 Å². The molecule has 33 heavy (non-hydrogen) atoms. The van der Waals surface area contributed by atoms with Crippen molar-refractivity contribution >= 4 is 33.5 Å². The summed E-state index contributed by atoms with van der Waals surface area (Å²) in [6, 6.07) is 28.0. The quantitative estimate of drug-likeness (QED) is 0.243. The Balaban J connectivity index is 1.73. The van der Waals surface area contributed by atoms with E-state index in [4.69, 9.17) is 11.1 Å². The molecule has 0 saturated heterocycles. The summed E-state index contributed by atoms with van der Waals surface area (Å²) in [5.41, 5.74) is 13.6. The molecular formula is C27H22N6. The number of benzene rings is 4. The van der Waals surface area contributed by atoms with Gasteiger partial charge in [0.15, 0.2) is 0 Å². The Morgan fingerprint density at radius 2 is 1.67 bits per heavy atom. The predicted octanol–water partition coefficient (Wildman–Crippen LogP) is 6.65. The van der Waals surface area contributed by atoms with Crippen LogP contribution in [-0.2, 0) is 6.54 Å². The molecule has 2 heterocycles. The van der Waals surface area contributed by atoms with Crippen LogP contribution in [0.15, 0.2) is 95.3 Å². The van der Waals surface area contributed by atoms with Gasteiger partial charge in [-0.2, -0.15) is 0 Å². The summed E-state index contributed by atoms with van der Waals surface area (Å²) in [7, 11) is 0. The molecule has 0 amide bonds. The lowest BCUT2D eigenvalue weighted by molar-refractivity contribution is 0.776. The van der Waals surface area contributed by atoms with Crippen molar-refractivity contribution in [2.24, 2.45) is 10.3 Å². The number of hydrogen-bond donors (Lipinski definition) is 2. The Hall–Kier alpha value is -4.45. The molecule has 2 aliphatic heterocycles. The number of nitrogen functional groups attached to an aromatic ring is 1. The molecule has 3 aromatic carbocycles. The van der Waals surface area contributed by atoms with Crippen LogP contribution >= 0.6 is 0 Å². The number of anilines is 3. The topological polar surface area (TPSA) is 82.8 Å². The van der Waals surface area contributed by atoms with E-state index >= 15 is 0 Å². The van der Waals surface area contributed by atoms with E-state index in [0.717, 1.165) is 56.9 Å². The van der Waals surface area contributed by atoms with Crippen LogP contribution in [0.1, 0.15) is 6.92 Å². The van der Waals surface area contributed by atoms with E-state index in [1.54, 1.807) is 0 Å². The zero-order valence-corrected chi connectivity index (χ0v) is 18.2. The van der Waals surface area contributed by atoms with E-state index in [1.165, 1.54) is 0 Å². The standard InChI is InChI=1S/C27H22N6/c1-2-32-26-15-19(29)9-11-24(26)23-12-10-20-16-25(23)27(32)17-5-3-7-21(13-17)33(31-30-20)22-8-4-6-18(28)14-22/h3-16,29H,2,28H2,1H3. The Labute approximate surface area is 191 Å². The minimum Gasteiger partial charge on any atom is -0.399 e. The summed E-state index contributed by atoms with van der Waals surface area (Å²) in [6.45, 7) is 2.92. The second kappa shape index (κ2) is 7.31. The fourth-order valence-corrected chi connectivity index (χ4v) is 4.70. The maximum absolute atomic E-state index is 8.22. The molecule has 6 heteroatoms. The van der Waals surface area contributed by atoms with Crippen LogP contribution in [0.2, 0.25) is 0 Å². The number of aromatic nitrogens is 1. The van der Waals surface area contributed by atoms with Crippen molar-refractivity contribution in [3.05, 3.63) is 90.3 Å². The number of nitrogens with zero attached hydrogens (tertiary/aromatic N) is 4. The normalized spacial score (nSPS) is 12.6. The highest BCUT2D eigenvalue weighted by molar-refractivity contribution is 6.06. The molecule has 0 saturated carbocycles. The molecule has 3 aromatic rings. The van der Waals surface area contributed by atoms with Gasteiger partial charge in [0.2, 0.25) is 0 Å². The van der Waals surface area contributed by atoms with Crippen LogP contribution in [0, 0.1) is 5.41 Å². The smallest absolute Gasteiger partial charge is 0.0881 e. The molecule has 0 spiro atoms. The second-order valence-electron chi connectivity index (χ2n) is 8.20. The first-order chi connectivity index (χ1) is 16.1. The molecule has 0 atom stereocenters. The van der Waals surface area contributed by atoms with Gasteiger partial charge in [0, 0.05) is 28.7 Å². The first kappa shape index (κ1) is 19.3.